The molecule has 5 heteroatoms. The summed E-state index contributed by atoms with van der Waals surface area (Å²) >= 11 is 0. The number of alkyl halides is 3. The molecule has 0 amide bonds. The lowest BCUT2D eigenvalue weighted by molar-refractivity contribution is -0.234. The zero-order valence-corrected chi connectivity index (χ0v) is 12.9. The van der Waals surface area contributed by atoms with Gasteiger partial charge in [0, 0.05) is 0 Å². The minimum Gasteiger partial charge on any atom is -0.364 e. The minimum absolute atomic E-state index is 0.0425. The van der Waals surface area contributed by atoms with Crippen molar-refractivity contribution in [3.05, 3.63) is 35.9 Å². The SMILES string of the molecule is CCNC(c1ccccc1)C(OC(C)C(F)(F)F)C(C)C. The molecule has 0 aromatic heterocycles. The highest BCUT2D eigenvalue weighted by atomic mass is 19.4. The highest BCUT2D eigenvalue weighted by Crippen LogP contribution is 2.30. The normalized spacial score (nSPS) is 16.8. The summed E-state index contributed by atoms with van der Waals surface area (Å²) in [6, 6.07) is 9.19. The first-order chi connectivity index (χ1) is 9.77. The van der Waals surface area contributed by atoms with Crippen LogP contribution in [0.25, 0.3) is 0 Å². The van der Waals surface area contributed by atoms with Gasteiger partial charge >= 0.3 is 6.18 Å². The summed E-state index contributed by atoms with van der Waals surface area (Å²) in [6.45, 7) is 7.40. The lowest BCUT2D eigenvalue weighted by Crippen LogP contribution is -2.42. The molecule has 3 atom stereocenters. The summed E-state index contributed by atoms with van der Waals surface area (Å²) in [5, 5.41) is 3.24. The van der Waals surface area contributed by atoms with Gasteiger partial charge in [0.1, 0.15) is 0 Å². The van der Waals surface area contributed by atoms with Gasteiger partial charge in [-0.05, 0) is 24.9 Å². The molecule has 0 fully saturated rings. The van der Waals surface area contributed by atoms with Crippen LogP contribution < -0.4 is 5.32 Å². The van der Waals surface area contributed by atoms with Crippen LogP contribution in [0.1, 0.15) is 39.3 Å². The molecule has 21 heavy (non-hydrogen) atoms. The van der Waals surface area contributed by atoms with E-state index in [-0.39, 0.29) is 12.0 Å². The van der Waals surface area contributed by atoms with E-state index in [9.17, 15) is 13.2 Å². The monoisotopic (exact) mass is 303 g/mol. The maximum atomic E-state index is 12.8. The maximum absolute atomic E-state index is 12.8. The predicted octanol–water partition coefficient (Wildman–Crippen LogP) is 4.33. The third kappa shape index (κ3) is 5.32. The lowest BCUT2D eigenvalue weighted by atomic mass is 9.93. The minimum atomic E-state index is -4.35. The molecule has 0 saturated heterocycles. The van der Waals surface area contributed by atoms with Crippen molar-refractivity contribution in [1.82, 2.24) is 5.32 Å². The van der Waals surface area contributed by atoms with E-state index in [0.29, 0.717) is 6.54 Å². The van der Waals surface area contributed by atoms with Crippen LogP contribution in [0.5, 0.6) is 0 Å². The summed E-state index contributed by atoms with van der Waals surface area (Å²) in [5.41, 5.74) is 0.937. The van der Waals surface area contributed by atoms with Gasteiger partial charge in [-0.2, -0.15) is 13.2 Å². The Balaban J connectivity index is 2.99. The highest BCUT2D eigenvalue weighted by Gasteiger charge is 2.40. The molecule has 0 aliphatic rings. The van der Waals surface area contributed by atoms with E-state index >= 15 is 0 Å². The number of nitrogens with one attached hydrogen (secondary N) is 1. The maximum Gasteiger partial charge on any atom is 0.414 e. The Morgan fingerprint density at radius 3 is 2.10 bits per heavy atom. The summed E-state index contributed by atoms with van der Waals surface area (Å²) in [5.74, 6) is -0.0425. The molecule has 0 spiro atoms. The van der Waals surface area contributed by atoms with E-state index in [2.05, 4.69) is 5.32 Å². The Hall–Kier alpha value is -1.07. The van der Waals surface area contributed by atoms with E-state index in [1.807, 2.05) is 51.1 Å². The van der Waals surface area contributed by atoms with Gasteiger partial charge in [-0.1, -0.05) is 51.1 Å². The fourth-order valence-corrected chi connectivity index (χ4v) is 2.24. The van der Waals surface area contributed by atoms with Crippen LogP contribution >= 0.6 is 0 Å². The van der Waals surface area contributed by atoms with Gasteiger partial charge < -0.3 is 10.1 Å². The molecule has 0 saturated carbocycles. The molecule has 120 valence electrons. The van der Waals surface area contributed by atoms with Crippen LogP contribution in [0.2, 0.25) is 0 Å². The van der Waals surface area contributed by atoms with Crippen molar-refractivity contribution in [2.75, 3.05) is 6.54 Å². The Morgan fingerprint density at radius 2 is 1.67 bits per heavy atom. The number of benzene rings is 1. The largest absolute Gasteiger partial charge is 0.414 e. The average molecular weight is 303 g/mol. The van der Waals surface area contributed by atoms with Crippen molar-refractivity contribution >= 4 is 0 Å². The molecule has 3 unspecified atom stereocenters. The fraction of sp³-hybridized carbons (Fsp3) is 0.625. The molecule has 0 bridgehead atoms. The quantitative estimate of drug-likeness (QED) is 0.809. The van der Waals surface area contributed by atoms with Crippen molar-refractivity contribution in [3.8, 4) is 0 Å². The molecule has 2 nitrogen and oxygen atoms in total. The van der Waals surface area contributed by atoms with Crippen LogP contribution in [-0.2, 0) is 4.74 Å². The Morgan fingerprint density at radius 1 is 1.10 bits per heavy atom. The third-order valence-corrected chi connectivity index (χ3v) is 3.39. The van der Waals surface area contributed by atoms with E-state index in [0.717, 1.165) is 12.5 Å². The third-order valence-electron chi connectivity index (χ3n) is 3.39. The second kappa shape index (κ2) is 7.80. The molecular weight excluding hydrogens is 279 g/mol. The molecule has 0 aliphatic heterocycles. The van der Waals surface area contributed by atoms with Gasteiger partial charge in [-0.3, -0.25) is 0 Å². The highest BCUT2D eigenvalue weighted by molar-refractivity contribution is 5.20. The van der Waals surface area contributed by atoms with Gasteiger partial charge in [-0.25, -0.2) is 0 Å². The molecule has 0 radical (unpaired) electrons. The summed E-state index contributed by atoms with van der Waals surface area (Å²) in [4.78, 5) is 0. The second-order valence-electron chi connectivity index (χ2n) is 5.47. The number of hydrogen-bond donors (Lipinski definition) is 1. The van der Waals surface area contributed by atoms with Gasteiger partial charge in [0.25, 0.3) is 0 Å². The first-order valence-corrected chi connectivity index (χ1v) is 7.27. The van der Waals surface area contributed by atoms with Crippen molar-refractivity contribution < 1.29 is 17.9 Å². The van der Waals surface area contributed by atoms with E-state index in [1.54, 1.807) is 0 Å². The molecule has 1 aromatic carbocycles. The number of rotatable bonds is 7. The van der Waals surface area contributed by atoms with Crippen LogP contribution in [0, 0.1) is 5.92 Å². The van der Waals surface area contributed by atoms with Crippen LogP contribution in [0.4, 0.5) is 13.2 Å². The summed E-state index contributed by atoms with van der Waals surface area (Å²) < 4.78 is 43.7. The molecular formula is C16H24F3NO. The topological polar surface area (TPSA) is 21.3 Å². The first-order valence-electron chi connectivity index (χ1n) is 7.27. The van der Waals surface area contributed by atoms with Crippen molar-refractivity contribution in [3.63, 3.8) is 0 Å². The second-order valence-corrected chi connectivity index (χ2v) is 5.47. The molecule has 1 N–H and O–H groups in total. The smallest absolute Gasteiger partial charge is 0.364 e. The Kier molecular flexibility index (Phi) is 6.68. The van der Waals surface area contributed by atoms with Crippen molar-refractivity contribution in [2.24, 2.45) is 5.92 Å². The Bertz CT molecular complexity index is 406. The van der Waals surface area contributed by atoms with Crippen LogP contribution in [0.3, 0.4) is 0 Å². The molecule has 0 aliphatic carbocycles. The van der Waals surface area contributed by atoms with Gasteiger partial charge in [-0.15, -0.1) is 0 Å². The van der Waals surface area contributed by atoms with Crippen molar-refractivity contribution in [1.29, 1.82) is 0 Å². The number of likely N-dealkylation sites (N-methyl/N-ethyl adjacent to an activating group) is 1. The fourth-order valence-electron chi connectivity index (χ4n) is 2.24. The lowest BCUT2D eigenvalue weighted by Gasteiger charge is -2.34. The Labute approximate surface area is 124 Å². The van der Waals surface area contributed by atoms with E-state index in [1.165, 1.54) is 0 Å². The predicted molar refractivity (Wildman–Crippen MR) is 78.1 cm³/mol. The first kappa shape index (κ1) is 18.0. The zero-order chi connectivity index (χ0) is 16.0. The van der Waals surface area contributed by atoms with Crippen LogP contribution in [0.15, 0.2) is 30.3 Å². The number of halogens is 3. The van der Waals surface area contributed by atoms with Gasteiger partial charge in [0.2, 0.25) is 0 Å². The zero-order valence-electron chi connectivity index (χ0n) is 12.9. The number of ether oxygens (including phenoxy) is 1. The average Bonchev–Trinajstić information content (AvgIpc) is 2.42. The van der Waals surface area contributed by atoms with Crippen molar-refractivity contribution in [2.45, 2.75) is 52.1 Å². The molecule has 1 aromatic rings. The number of hydrogen-bond acceptors (Lipinski definition) is 2. The van der Waals surface area contributed by atoms with E-state index in [4.69, 9.17) is 4.74 Å². The standard InChI is InChI=1S/C16H24F3NO/c1-5-20-14(13-9-7-6-8-10-13)15(11(2)3)21-12(4)16(17,18)19/h6-12,14-15,20H,5H2,1-4H3. The summed E-state index contributed by atoms with van der Waals surface area (Å²) in [6.07, 6.45) is -6.68. The van der Waals surface area contributed by atoms with Gasteiger partial charge in [0.15, 0.2) is 6.10 Å². The van der Waals surface area contributed by atoms with Crippen LogP contribution in [-0.4, -0.2) is 24.9 Å². The van der Waals surface area contributed by atoms with E-state index < -0.39 is 18.4 Å². The molecule has 1 rings (SSSR count). The molecule has 0 heterocycles. The van der Waals surface area contributed by atoms with Gasteiger partial charge in [0.05, 0.1) is 12.1 Å². The summed E-state index contributed by atoms with van der Waals surface area (Å²) in [7, 11) is 0.